The van der Waals surface area contributed by atoms with Crippen LogP contribution in [0.2, 0.25) is 0 Å². The maximum Gasteiger partial charge on any atom is 0.323 e. The van der Waals surface area contributed by atoms with E-state index >= 15 is 0 Å². The molecule has 2 heterocycles. The van der Waals surface area contributed by atoms with Crippen molar-refractivity contribution in [3.05, 3.63) is 27.9 Å². The number of hydrogen-bond acceptors (Lipinski definition) is 4. The van der Waals surface area contributed by atoms with Crippen LogP contribution in [0.5, 0.6) is 0 Å². The van der Waals surface area contributed by atoms with Gasteiger partial charge in [-0.25, -0.2) is 4.57 Å². The van der Waals surface area contributed by atoms with E-state index in [1.807, 2.05) is 7.05 Å². The molecule has 1 saturated heterocycles. The Labute approximate surface area is 123 Å². The molecule has 1 N–H and O–H groups in total. The lowest BCUT2D eigenvalue weighted by atomic mass is 10.1. The summed E-state index contributed by atoms with van der Waals surface area (Å²) in [7, 11) is 3.43. The van der Waals surface area contributed by atoms with Gasteiger partial charge in [-0.3, -0.25) is 4.79 Å². The Kier molecular flexibility index (Phi) is 5.52. The molecule has 0 aliphatic carbocycles. The van der Waals surface area contributed by atoms with Gasteiger partial charge in [0.1, 0.15) is 0 Å². The molecule has 1 aromatic heterocycles. The van der Waals surface area contributed by atoms with Crippen molar-refractivity contribution in [2.45, 2.75) is 18.9 Å². The summed E-state index contributed by atoms with van der Waals surface area (Å²) in [5.74, 6) is -0.207. The van der Waals surface area contributed by atoms with Gasteiger partial charge in [-0.05, 0) is 30.9 Å². The smallest absolute Gasteiger partial charge is 0.323 e. The van der Waals surface area contributed by atoms with Crippen molar-refractivity contribution in [1.29, 1.82) is 0 Å². The van der Waals surface area contributed by atoms with Gasteiger partial charge in [-0.2, -0.15) is 0 Å². The van der Waals surface area contributed by atoms with Crippen LogP contribution < -0.4 is 5.32 Å². The molecule has 1 aliphatic rings. The lowest BCUT2D eigenvalue weighted by Gasteiger charge is -2.32. The number of likely N-dealkylation sites (N-methyl/N-ethyl adjacent to an activating group) is 1. The predicted octanol–water partition coefficient (Wildman–Crippen LogP) is 1.18. The fourth-order valence-electron chi connectivity index (χ4n) is 2.46. The van der Waals surface area contributed by atoms with Gasteiger partial charge in [0.05, 0.1) is 7.05 Å². The minimum Gasteiger partial charge on any atom is -0.358 e. The predicted molar refractivity (Wildman–Crippen MR) is 77.3 cm³/mol. The van der Waals surface area contributed by atoms with Crippen molar-refractivity contribution in [2.24, 2.45) is 7.05 Å². The molecule has 112 valence electrons. The number of aromatic nitrogens is 1. The highest BCUT2D eigenvalue weighted by atomic mass is 35.5. The van der Waals surface area contributed by atoms with Crippen molar-refractivity contribution in [3.63, 3.8) is 0 Å². The molecular formula is C12H19ClN4O3. The second-order valence-corrected chi connectivity index (χ2v) is 4.77. The molecule has 0 radical (unpaired) electrons. The molecule has 8 heteroatoms. The molecule has 2 rings (SSSR count). The molecule has 1 aliphatic heterocycles. The number of carbonyl (C=O) groups is 1. The number of carbonyl (C=O) groups excluding carboxylic acids is 1. The summed E-state index contributed by atoms with van der Waals surface area (Å²) in [5, 5.41) is 14.0. The molecule has 0 spiro atoms. The second kappa shape index (κ2) is 6.71. The van der Waals surface area contributed by atoms with Crippen molar-refractivity contribution >= 4 is 24.1 Å². The minimum atomic E-state index is -0.483. The summed E-state index contributed by atoms with van der Waals surface area (Å²) in [5.41, 5.74) is 0.364. The highest BCUT2D eigenvalue weighted by Crippen LogP contribution is 2.19. The monoisotopic (exact) mass is 302 g/mol. The van der Waals surface area contributed by atoms with Crippen LogP contribution in [-0.4, -0.2) is 46.5 Å². The summed E-state index contributed by atoms with van der Waals surface area (Å²) in [4.78, 5) is 24.4. The molecule has 20 heavy (non-hydrogen) atoms. The first-order chi connectivity index (χ1) is 9.04. The SMILES string of the molecule is CNC1CCCN(C(=O)c2ccc([N+](=O)[O-])n2C)C1.Cl. The summed E-state index contributed by atoms with van der Waals surface area (Å²) < 4.78 is 1.34. The van der Waals surface area contributed by atoms with Gasteiger partial charge in [0.15, 0.2) is 5.69 Å². The molecule has 0 aromatic carbocycles. The first kappa shape index (κ1) is 16.5. The number of amides is 1. The van der Waals surface area contributed by atoms with Crippen LogP contribution in [0.1, 0.15) is 23.3 Å². The summed E-state index contributed by atoms with van der Waals surface area (Å²) in [6, 6.07) is 3.18. The van der Waals surface area contributed by atoms with Crippen LogP contribution in [0.4, 0.5) is 5.82 Å². The number of nitrogens with one attached hydrogen (secondary N) is 1. The number of piperidine rings is 1. The average Bonchev–Trinajstić information content (AvgIpc) is 2.80. The molecule has 1 fully saturated rings. The van der Waals surface area contributed by atoms with Gasteiger partial charge >= 0.3 is 5.82 Å². The van der Waals surface area contributed by atoms with Gasteiger partial charge < -0.3 is 20.3 Å². The summed E-state index contributed by atoms with van der Waals surface area (Å²) in [6.07, 6.45) is 2.00. The van der Waals surface area contributed by atoms with E-state index in [1.165, 1.54) is 16.7 Å². The number of rotatable bonds is 3. The molecular weight excluding hydrogens is 284 g/mol. The molecule has 1 atom stereocenters. The minimum absolute atomic E-state index is 0. The van der Waals surface area contributed by atoms with Crippen LogP contribution in [0, 0.1) is 10.1 Å². The Morgan fingerprint density at radius 1 is 1.50 bits per heavy atom. The number of hydrogen-bond donors (Lipinski definition) is 1. The highest BCUT2D eigenvalue weighted by Gasteiger charge is 2.28. The normalized spacial score (nSPS) is 18.5. The summed E-state index contributed by atoms with van der Waals surface area (Å²) in [6.45, 7) is 1.35. The van der Waals surface area contributed by atoms with Crippen LogP contribution in [0.3, 0.4) is 0 Å². The highest BCUT2D eigenvalue weighted by molar-refractivity contribution is 5.93. The zero-order valence-electron chi connectivity index (χ0n) is 11.5. The van der Waals surface area contributed by atoms with E-state index < -0.39 is 4.92 Å². The largest absolute Gasteiger partial charge is 0.358 e. The third-order valence-corrected chi connectivity index (χ3v) is 3.62. The number of nitro groups is 1. The summed E-state index contributed by atoms with van der Waals surface area (Å²) >= 11 is 0. The molecule has 1 unspecified atom stereocenters. The van der Waals surface area contributed by atoms with E-state index in [9.17, 15) is 14.9 Å². The maximum absolute atomic E-state index is 12.4. The van der Waals surface area contributed by atoms with Crippen LogP contribution in [-0.2, 0) is 7.05 Å². The van der Waals surface area contributed by atoms with E-state index in [4.69, 9.17) is 0 Å². The average molecular weight is 303 g/mol. The molecule has 0 bridgehead atoms. The Bertz CT molecular complexity index is 503. The van der Waals surface area contributed by atoms with Crippen LogP contribution >= 0.6 is 12.4 Å². The van der Waals surface area contributed by atoms with Gasteiger partial charge in [0, 0.05) is 25.2 Å². The van der Waals surface area contributed by atoms with E-state index in [-0.39, 0.29) is 24.1 Å². The van der Waals surface area contributed by atoms with Crippen molar-refractivity contribution in [1.82, 2.24) is 14.8 Å². The number of likely N-dealkylation sites (tertiary alicyclic amines) is 1. The zero-order chi connectivity index (χ0) is 14.0. The second-order valence-electron chi connectivity index (χ2n) is 4.77. The Hall–Kier alpha value is -1.60. The van der Waals surface area contributed by atoms with E-state index in [0.29, 0.717) is 24.8 Å². The third-order valence-electron chi connectivity index (χ3n) is 3.62. The molecule has 7 nitrogen and oxygen atoms in total. The van der Waals surface area contributed by atoms with Gasteiger partial charge in [0.2, 0.25) is 0 Å². The molecule has 1 amide bonds. The third kappa shape index (κ3) is 3.10. The van der Waals surface area contributed by atoms with Crippen LogP contribution in [0.25, 0.3) is 0 Å². The van der Waals surface area contributed by atoms with E-state index in [0.717, 1.165) is 12.8 Å². The molecule has 1 aromatic rings. The van der Waals surface area contributed by atoms with Gasteiger partial charge in [0.25, 0.3) is 5.91 Å². The first-order valence-corrected chi connectivity index (χ1v) is 6.31. The Morgan fingerprint density at radius 3 is 2.75 bits per heavy atom. The van der Waals surface area contributed by atoms with Gasteiger partial charge in [-0.1, -0.05) is 0 Å². The fourth-order valence-corrected chi connectivity index (χ4v) is 2.46. The Morgan fingerprint density at radius 2 is 2.20 bits per heavy atom. The standard InChI is InChI=1S/C12H18N4O3.ClH/c1-13-9-4-3-7-15(8-9)12(17)10-5-6-11(14(10)2)16(18)19;/h5-6,9,13H,3-4,7-8H2,1-2H3;1H. The van der Waals surface area contributed by atoms with Gasteiger partial charge in [-0.15, -0.1) is 12.4 Å². The lowest BCUT2D eigenvalue weighted by Crippen LogP contribution is -2.47. The quantitative estimate of drug-likeness (QED) is 0.671. The maximum atomic E-state index is 12.4. The first-order valence-electron chi connectivity index (χ1n) is 6.31. The Balaban J connectivity index is 0.00000200. The molecule has 0 saturated carbocycles. The van der Waals surface area contributed by atoms with Crippen molar-refractivity contribution < 1.29 is 9.72 Å². The van der Waals surface area contributed by atoms with Crippen molar-refractivity contribution in [3.8, 4) is 0 Å². The number of nitrogens with zero attached hydrogens (tertiary/aromatic N) is 3. The van der Waals surface area contributed by atoms with E-state index in [1.54, 1.807) is 11.9 Å². The van der Waals surface area contributed by atoms with Crippen molar-refractivity contribution in [2.75, 3.05) is 20.1 Å². The lowest BCUT2D eigenvalue weighted by molar-refractivity contribution is -0.391. The van der Waals surface area contributed by atoms with E-state index in [2.05, 4.69) is 5.32 Å². The number of halogens is 1. The topological polar surface area (TPSA) is 80.4 Å². The zero-order valence-corrected chi connectivity index (χ0v) is 12.4. The van der Waals surface area contributed by atoms with Crippen LogP contribution in [0.15, 0.2) is 12.1 Å². The fraction of sp³-hybridized carbons (Fsp3) is 0.583.